The summed E-state index contributed by atoms with van der Waals surface area (Å²) in [5.41, 5.74) is 3.16. The highest BCUT2D eigenvalue weighted by atomic mass is 16.5. The summed E-state index contributed by atoms with van der Waals surface area (Å²) < 4.78 is 5.97. The van der Waals surface area contributed by atoms with Gasteiger partial charge < -0.3 is 20.1 Å². The number of nitrogens with one attached hydrogen (secondary N) is 1. The molecule has 3 aromatic rings. The molecule has 0 saturated carbocycles. The molecule has 0 atom stereocenters. The molecule has 8 nitrogen and oxygen atoms in total. The maximum atomic E-state index is 9.13. The van der Waals surface area contributed by atoms with Crippen molar-refractivity contribution < 1.29 is 9.84 Å². The van der Waals surface area contributed by atoms with Crippen molar-refractivity contribution >= 4 is 17.6 Å². The Hall–Kier alpha value is -3.23. The van der Waals surface area contributed by atoms with Gasteiger partial charge in [-0.1, -0.05) is 17.7 Å². The molecule has 1 aliphatic rings. The zero-order valence-corrected chi connectivity index (χ0v) is 18.9. The smallest absolute Gasteiger partial charge is 0.232 e. The Kier molecular flexibility index (Phi) is 6.82. The summed E-state index contributed by atoms with van der Waals surface area (Å²) >= 11 is 0. The van der Waals surface area contributed by atoms with Crippen LogP contribution < -0.4 is 15.0 Å². The second-order valence-electron chi connectivity index (χ2n) is 8.08. The molecule has 1 aromatic heterocycles. The third kappa shape index (κ3) is 5.52. The van der Waals surface area contributed by atoms with Crippen LogP contribution in [0.4, 0.5) is 17.6 Å². The first kappa shape index (κ1) is 22.0. The van der Waals surface area contributed by atoms with Gasteiger partial charge in [0.05, 0.1) is 6.61 Å². The van der Waals surface area contributed by atoms with Gasteiger partial charge in [-0.25, -0.2) is 0 Å². The highest BCUT2D eigenvalue weighted by Gasteiger charge is 2.19. The number of aliphatic hydroxyl groups is 1. The lowest BCUT2D eigenvalue weighted by Crippen LogP contribution is -2.47. The number of aliphatic hydroxyl groups excluding tert-OH is 1. The Labute approximate surface area is 188 Å². The monoisotopic (exact) mass is 434 g/mol. The van der Waals surface area contributed by atoms with E-state index >= 15 is 0 Å². The van der Waals surface area contributed by atoms with Gasteiger partial charge in [0.2, 0.25) is 11.9 Å². The van der Waals surface area contributed by atoms with Crippen molar-refractivity contribution in [3.63, 3.8) is 0 Å². The van der Waals surface area contributed by atoms with Crippen LogP contribution in [0, 0.1) is 20.8 Å². The first-order valence-electron chi connectivity index (χ1n) is 10.9. The maximum Gasteiger partial charge on any atom is 0.232 e. The van der Waals surface area contributed by atoms with Gasteiger partial charge in [0.1, 0.15) is 17.3 Å². The molecule has 0 amide bonds. The van der Waals surface area contributed by atoms with Crippen molar-refractivity contribution in [3.05, 3.63) is 59.4 Å². The molecule has 32 heavy (non-hydrogen) atoms. The predicted octanol–water partition coefficient (Wildman–Crippen LogP) is 3.45. The number of piperazine rings is 1. The number of β-amino-alcohol motifs (C(OH)–C–C–N with tert-alkyl or cyclic N) is 1. The van der Waals surface area contributed by atoms with Crippen molar-refractivity contribution in [1.29, 1.82) is 0 Å². The van der Waals surface area contributed by atoms with Gasteiger partial charge in [0, 0.05) is 38.4 Å². The molecule has 1 fully saturated rings. The minimum Gasteiger partial charge on any atom is -0.457 e. The van der Waals surface area contributed by atoms with E-state index in [0.717, 1.165) is 48.9 Å². The van der Waals surface area contributed by atoms with Crippen LogP contribution in [0.3, 0.4) is 0 Å². The maximum absolute atomic E-state index is 9.13. The van der Waals surface area contributed by atoms with E-state index in [1.807, 2.05) is 56.3 Å². The van der Waals surface area contributed by atoms with Crippen molar-refractivity contribution in [2.45, 2.75) is 20.8 Å². The number of rotatable bonds is 7. The van der Waals surface area contributed by atoms with Crippen LogP contribution in [0.15, 0.2) is 42.5 Å². The Morgan fingerprint density at radius 3 is 2.31 bits per heavy atom. The molecule has 0 spiro atoms. The molecular weight excluding hydrogens is 404 g/mol. The van der Waals surface area contributed by atoms with Gasteiger partial charge in [-0.3, -0.25) is 4.90 Å². The lowest BCUT2D eigenvalue weighted by molar-refractivity contribution is 0.188. The summed E-state index contributed by atoms with van der Waals surface area (Å²) in [5.74, 6) is 3.48. The zero-order valence-electron chi connectivity index (χ0n) is 18.9. The molecular formula is C24H30N6O2. The SMILES string of the molecule is Cc1ccc(Oc2ccc(Nc3nc(C)nc(N4CCN(CCO)CC4)n3)c(C)c2)cc1. The van der Waals surface area contributed by atoms with E-state index in [1.54, 1.807) is 0 Å². The zero-order chi connectivity index (χ0) is 22.5. The highest BCUT2D eigenvalue weighted by molar-refractivity contribution is 5.60. The standard InChI is InChI=1S/C24H30N6O2/c1-17-4-6-20(7-5-17)32-21-8-9-22(18(2)16-21)27-23-25-19(3)26-24(28-23)30-12-10-29(11-13-30)14-15-31/h4-9,16,31H,10-15H2,1-3H3,(H,25,26,27,28). The fraction of sp³-hybridized carbons (Fsp3) is 0.375. The molecule has 8 heteroatoms. The van der Waals surface area contributed by atoms with E-state index in [4.69, 9.17) is 9.84 Å². The number of ether oxygens (including phenoxy) is 1. The number of hydrogen-bond acceptors (Lipinski definition) is 8. The molecule has 0 aliphatic carbocycles. The van der Waals surface area contributed by atoms with Crippen LogP contribution in [0.25, 0.3) is 0 Å². The van der Waals surface area contributed by atoms with E-state index < -0.39 is 0 Å². The third-order valence-corrected chi connectivity index (χ3v) is 5.51. The average Bonchev–Trinajstić information content (AvgIpc) is 2.78. The minimum atomic E-state index is 0.188. The normalized spacial score (nSPS) is 14.4. The second kappa shape index (κ2) is 9.93. The Morgan fingerprint density at radius 2 is 1.62 bits per heavy atom. The molecule has 2 heterocycles. The fourth-order valence-electron chi connectivity index (χ4n) is 3.68. The highest BCUT2D eigenvalue weighted by Crippen LogP contribution is 2.28. The van der Waals surface area contributed by atoms with Crippen LogP contribution in [0.2, 0.25) is 0 Å². The second-order valence-corrected chi connectivity index (χ2v) is 8.08. The van der Waals surface area contributed by atoms with E-state index in [0.29, 0.717) is 24.3 Å². The van der Waals surface area contributed by atoms with Crippen molar-refractivity contribution in [1.82, 2.24) is 19.9 Å². The number of hydrogen-bond donors (Lipinski definition) is 2. The minimum absolute atomic E-state index is 0.188. The average molecular weight is 435 g/mol. The molecule has 168 valence electrons. The van der Waals surface area contributed by atoms with Gasteiger partial charge in [-0.05, 0) is 56.7 Å². The summed E-state index contributed by atoms with van der Waals surface area (Å²) in [4.78, 5) is 18.1. The van der Waals surface area contributed by atoms with Crippen molar-refractivity contribution in [2.75, 3.05) is 49.5 Å². The molecule has 1 aliphatic heterocycles. The van der Waals surface area contributed by atoms with Crippen LogP contribution in [-0.4, -0.2) is 64.3 Å². The Bertz CT molecular complexity index is 1050. The van der Waals surface area contributed by atoms with Crippen LogP contribution in [0.5, 0.6) is 11.5 Å². The lowest BCUT2D eigenvalue weighted by atomic mass is 10.2. The van der Waals surface area contributed by atoms with E-state index in [-0.39, 0.29) is 6.61 Å². The number of nitrogens with zero attached hydrogens (tertiary/aromatic N) is 5. The molecule has 0 radical (unpaired) electrons. The summed E-state index contributed by atoms with van der Waals surface area (Å²) in [6.07, 6.45) is 0. The molecule has 0 unspecified atom stereocenters. The lowest BCUT2D eigenvalue weighted by Gasteiger charge is -2.34. The largest absolute Gasteiger partial charge is 0.457 e. The number of aryl methyl sites for hydroxylation is 3. The first-order chi connectivity index (χ1) is 15.5. The van der Waals surface area contributed by atoms with E-state index in [2.05, 4.69) is 37.0 Å². The van der Waals surface area contributed by atoms with Crippen molar-refractivity contribution in [2.24, 2.45) is 0 Å². The topological polar surface area (TPSA) is 86.6 Å². The van der Waals surface area contributed by atoms with E-state index in [1.165, 1.54) is 5.56 Å². The van der Waals surface area contributed by atoms with Gasteiger partial charge in [-0.15, -0.1) is 0 Å². The predicted molar refractivity (Wildman–Crippen MR) is 126 cm³/mol. The summed E-state index contributed by atoms with van der Waals surface area (Å²) in [7, 11) is 0. The van der Waals surface area contributed by atoms with Gasteiger partial charge in [-0.2, -0.15) is 15.0 Å². The van der Waals surface area contributed by atoms with Gasteiger partial charge in [0.15, 0.2) is 0 Å². The first-order valence-corrected chi connectivity index (χ1v) is 10.9. The van der Waals surface area contributed by atoms with Crippen LogP contribution in [-0.2, 0) is 0 Å². The fourth-order valence-corrected chi connectivity index (χ4v) is 3.68. The molecule has 0 bridgehead atoms. The number of anilines is 3. The van der Waals surface area contributed by atoms with Crippen LogP contribution in [0.1, 0.15) is 17.0 Å². The van der Waals surface area contributed by atoms with Crippen molar-refractivity contribution in [3.8, 4) is 11.5 Å². The Morgan fingerprint density at radius 1 is 0.906 bits per heavy atom. The Balaban J connectivity index is 1.45. The summed E-state index contributed by atoms with van der Waals surface area (Å²) in [5, 5.41) is 12.5. The summed E-state index contributed by atoms with van der Waals surface area (Å²) in [6.45, 7) is 10.3. The van der Waals surface area contributed by atoms with Gasteiger partial charge in [0.25, 0.3) is 0 Å². The number of aromatic nitrogens is 3. The number of benzene rings is 2. The molecule has 2 N–H and O–H groups in total. The molecule has 1 saturated heterocycles. The summed E-state index contributed by atoms with van der Waals surface area (Å²) in [6, 6.07) is 13.9. The third-order valence-electron chi connectivity index (χ3n) is 5.51. The molecule has 4 rings (SSSR count). The van der Waals surface area contributed by atoms with Crippen LogP contribution >= 0.6 is 0 Å². The quantitative estimate of drug-likeness (QED) is 0.585. The van der Waals surface area contributed by atoms with Gasteiger partial charge >= 0.3 is 0 Å². The molecule has 2 aromatic carbocycles. The van der Waals surface area contributed by atoms with E-state index in [9.17, 15) is 0 Å².